The first-order valence-electron chi connectivity index (χ1n) is 9.49. The van der Waals surface area contributed by atoms with Crippen LogP contribution in [0.3, 0.4) is 0 Å². The number of rotatable bonds is 6. The van der Waals surface area contributed by atoms with Crippen LogP contribution in [0.4, 0.5) is 0 Å². The van der Waals surface area contributed by atoms with Gasteiger partial charge in [-0.2, -0.15) is 0 Å². The number of aryl methyl sites for hydroxylation is 1. The van der Waals surface area contributed by atoms with Gasteiger partial charge in [-0.3, -0.25) is 0 Å². The van der Waals surface area contributed by atoms with Crippen LogP contribution in [-0.2, 0) is 13.0 Å². The van der Waals surface area contributed by atoms with Crippen LogP contribution >= 0.6 is 11.6 Å². The van der Waals surface area contributed by atoms with Crippen LogP contribution in [0.5, 0.6) is 5.75 Å². The predicted molar refractivity (Wildman–Crippen MR) is 115 cm³/mol. The molecule has 0 saturated heterocycles. The minimum Gasteiger partial charge on any atom is -0.491 e. The van der Waals surface area contributed by atoms with Crippen LogP contribution < -0.4 is 4.74 Å². The Labute approximate surface area is 170 Å². The van der Waals surface area contributed by atoms with Gasteiger partial charge in [-0.05, 0) is 60.9 Å². The lowest BCUT2D eigenvalue weighted by molar-refractivity contribution is 0.296. The molecule has 0 radical (unpaired) electrons. The maximum Gasteiger partial charge on any atom is 0.122 e. The lowest BCUT2D eigenvalue weighted by Gasteiger charge is -2.13. The van der Waals surface area contributed by atoms with Crippen LogP contribution in [0, 0.1) is 13.8 Å². The molecule has 3 nitrogen and oxygen atoms in total. The highest BCUT2D eigenvalue weighted by Gasteiger charge is 2.12. The van der Waals surface area contributed by atoms with Gasteiger partial charge in [-0.1, -0.05) is 48.0 Å². The largest absolute Gasteiger partial charge is 0.491 e. The smallest absolute Gasteiger partial charge is 0.122 e. The Morgan fingerprint density at radius 1 is 0.929 bits per heavy atom. The molecular weight excluding hydrogens is 368 g/mol. The van der Waals surface area contributed by atoms with Crippen molar-refractivity contribution in [2.45, 2.75) is 26.8 Å². The minimum atomic E-state index is 0.596. The fourth-order valence-electron chi connectivity index (χ4n) is 3.42. The molecule has 1 heterocycles. The number of nitrogens with zero attached hydrogens (tertiary/aromatic N) is 2. The van der Waals surface area contributed by atoms with Gasteiger partial charge in [0.2, 0.25) is 0 Å². The molecular formula is C24H23ClN2O. The maximum atomic E-state index is 6.09. The van der Waals surface area contributed by atoms with Crippen molar-refractivity contribution < 1.29 is 4.74 Å². The molecule has 0 fully saturated rings. The Balaban J connectivity index is 1.58. The number of fused-ring (bicyclic) bond motifs is 1. The summed E-state index contributed by atoms with van der Waals surface area (Å²) in [6, 6.07) is 22.4. The quantitative estimate of drug-likeness (QED) is 0.405. The molecule has 0 unspecified atom stereocenters. The molecule has 0 atom stereocenters. The van der Waals surface area contributed by atoms with Crippen LogP contribution in [0.25, 0.3) is 11.0 Å². The summed E-state index contributed by atoms with van der Waals surface area (Å²) in [5.74, 6) is 1.98. The number of benzene rings is 3. The summed E-state index contributed by atoms with van der Waals surface area (Å²) < 4.78 is 8.35. The Morgan fingerprint density at radius 2 is 1.71 bits per heavy atom. The van der Waals surface area contributed by atoms with Crippen LogP contribution in [0.2, 0.25) is 5.02 Å². The fraction of sp³-hybridized carbons (Fsp3) is 0.208. The first-order chi connectivity index (χ1) is 13.6. The van der Waals surface area contributed by atoms with Gasteiger partial charge >= 0.3 is 0 Å². The van der Waals surface area contributed by atoms with Crippen molar-refractivity contribution >= 4 is 22.6 Å². The number of para-hydroxylation sites is 2. The highest BCUT2D eigenvalue weighted by molar-refractivity contribution is 6.30. The summed E-state index contributed by atoms with van der Waals surface area (Å²) >= 11 is 6.02. The molecule has 0 aliphatic heterocycles. The molecule has 0 amide bonds. The highest BCUT2D eigenvalue weighted by Crippen LogP contribution is 2.22. The molecule has 28 heavy (non-hydrogen) atoms. The lowest BCUT2D eigenvalue weighted by Crippen LogP contribution is -2.12. The molecule has 1 aromatic heterocycles. The standard InChI is InChI=1S/C24H23ClN2O/c1-17-6-5-9-23(18(17)2)28-15-14-27-22-8-4-3-7-21(22)26-24(27)16-19-10-12-20(25)13-11-19/h3-13H,14-16H2,1-2H3. The van der Waals surface area contributed by atoms with E-state index in [0.29, 0.717) is 6.61 Å². The van der Waals surface area contributed by atoms with Crippen LogP contribution in [0.15, 0.2) is 66.7 Å². The number of aromatic nitrogens is 2. The molecule has 0 spiro atoms. The summed E-state index contributed by atoms with van der Waals surface area (Å²) in [4.78, 5) is 4.86. The van der Waals surface area contributed by atoms with Crippen LogP contribution in [-0.4, -0.2) is 16.2 Å². The minimum absolute atomic E-state index is 0.596. The van der Waals surface area contributed by atoms with Crippen molar-refractivity contribution in [3.63, 3.8) is 0 Å². The Hall–Kier alpha value is -2.78. The van der Waals surface area contributed by atoms with Gasteiger partial charge < -0.3 is 9.30 Å². The number of hydrogen-bond acceptors (Lipinski definition) is 2. The van der Waals surface area contributed by atoms with Gasteiger partial charge in [0.15, 0.2) is 0 Å². The SMILES string of the molecule is Cc1cccc(OCCn2c(Cc3ccc(Cl)cc3)nc3ccccc32)c1C. The number of imidazole rings is 1. The Morgan fingerprint density at radius 3 is 2.54 bits per heavy atom. The zero-order valence-electron chi connectivity index (χ0n) is 16.2. The lowest BCUT2D eigenvalue weighted by atomic mass is 10.1. The van der Waals surface area contributed by atoms with E-state index in [1.807, 2.05) is 30.3 Å². The summed E-state index contributed by atoms with van der Waals surface area (Å²) in [6.45, 7) is 5.55. The molecule has 4 aromatic rings. The van der Waals surface area contributed by atoms with Gasteiger partial charge in [0.05, 0.1) is 17.6 Å². The highest BCUT2D eigenvalue weighted by atomic mass is 35.5. The van der Waals surface area contributed by atoms with Crippen molar-refractivity contribution in [2.75, 3.05) is 6.61 Å². The first-order valence-corrected chi connectivity index (χ1v) is 9.87. The summed E-state index contributed by atoms with van der Waals surface area (Å²) in [6.07, 6.45) is 0.759. The van der Waals surface area contributed by atoms with Gasteiger partial charge in [-0.15, -0.1) is 0 Å². The van der Waals surface area contributed by atoms with E-state index in [1.165, 1.54) is 16.7 Å². The molecule has 4 heteroatoms. The third kappa shape index (κ3) is 3.90. The van der Waals surface area contributed by atoms with Crippen molar-refractivity contribution in [3.05, 3.63) is 94.3 Å². The van der Waals surface area contributed by atoms with Crippen molar-refractivity contribution in [1.82, 2.24) is 9.55 Å². The van der Waals surface area contributed by atoms with E-state index in [2.05, 4.69) is 54.8 Å². The fourth-order valence-corrected chi connectivity index (χ4v) is 3.55. The van der Waals surface area contributed by atoms with Gasteiger partial charge in [-0.25, -0.2) is 4.98 Å². The number of hydrogen-bond donors (Lipinski definition) is 0. The second kappa shape index (κ2) is 8.07. The number of halogens is 1. The second-order valence-corrected chi connectivity index (χ2v) is 7.45. The topological polar surface area (TPSA) is 27.1 Å². The molecule has 0 aliphatic rings. The molecule has 4 rings (SSSR count). The normalized spacial score (nSPS) is 11.1. The van der Waals surface area contributed by atoms with Crippen molar-refractivity contribution in [3.8, 4) is 5.75 Å². The number of ether oxygens (including phenoxy) is 1. The monoisotopic (exact) mass is 390 g/mol. The van der Waals surface area contributed by atoms with E-state index >= 15 is 0 Å². The molecule has 0 bridgehead atoms. The van der Waals surface area contributed by atoms with E-state index in [9.17, 15) is 0 Å². The first kappa shape index (κ1) is 18.6. The van der Waals surface area contributed by atoms with E-state index in [0.717, 1.165) is 40.6 Å². The summed E-state index contributed by atoms with van der Waals surface area (Å²) in [5.41, 5.74) is 5.78. The predicted octanol–water partition coefficient (Wildman–Crippen LogP) is 5.98. The van der Waals surface area contributed by atoms with E-state index in [4.69, 9.17) is 21.3 Å². The molecule has 0 saturated carbocycles. The molecule has 3 aromatic carbocycles. The summed E-state index contributed by atoms with van der Waals surface area (Å²) in [5, 5.41) is 0.749. The third-order valence-electron chi connectivity index (χ3n) is 5.14. The second-order valence-electron chi connectivity index (χ2n) is 7.02. The molecule has 0 aliphatic carbocycles. The zero-order valence-corrected chi connectivity index (χ0v) is 16.9. The zero-order chi connectivity index (χ0) is 19.5. The van der Waals surface area contributed by atoms with Crippen molar-refractivity contribution in [1.29, 1.82) is 0 Å². The summed E-state index contributed by atoms with van der Waals surface area (Å²) in [7, 11) is 0. The molecule has 142 valence electrons. The average molecular weight is 391 g/mol. The van der Waals surface area contributed by atoms with Crippen molar-refractivity contribution in [2.24, 2.45) is 0 Å². The average Bonchev–Trinajstić information content (AvgIpc) is 3.04. The van der Waals surface area contributed by atoms with E-state index in [-0.39, 0.29) is 0 Å². The van der Waals surface area contributed by atoms with Gasteiger partial charge in [0, 0.05) is 11.4 Å². The third-order valence-corrected chi connectivity index (χ3v) is 5.39. The van der Waals surface area contributed by atoms with Gasteiger partial charge in [0.1, 0.15) is 18.2 Å². The maximum absolute atomic E-state index is 6.09. The van der Waals surface area contributed by atoms with E-state index < -0.39 is 0 Å². The van der Waals surface area contributed by atoms with Crippen LogP contribution in [0.1, 0.15) is 22.5 Å². The van der Waals surface area contributed by atoms with Gasteiger partial charge in [0.25, 0.3) is 0 Å². The van der Waals surface area contributed by atoms with E-state index in [1.54, 1.807) is 0 Å². The Bertz CT molecular complexity index is 1100. The molecule has 0 N–H and O–H groups in total. The Kier molecular flexibility index (Phi) is 5.36.